The van der Waals surface area contributed by atoms with Gasteiger partial charge in [0.25, 0.3) is 0 Å². The number of carboxylic acid groups (broad SMARTS) is 1. The van der Waals surface area contributed by atoms with Crippen molar-refractivity contribution < 1.29 is 19.4 Å². The number of rotatable bonds is 8. The minimum Gasteiger partial charge on any atom is -0.495 e. The van der Waals surface area contributed by atoms with E-state index in [0.717, 1.165) is 16.9 Å². The lowest BCUT2D eigenvalue weighted by Gasteiger charge is -2.12. The molecule has 0 saturated carbocycles. The first kappa shape index (κ1) is 19.6. The lowest BCUT2D eigenvalue weighted by molar-refractivity contribution is 0.0697. The van der Waals surface area contributed by atoms with Gasteiger partial charge < -0.3 is 19.9 Å². The summed E-state index contributed by atoms with van der Waals surface area (Å²) in [4.78, 5) is 11.2. The zero-order chi connectivity index (χ0) is 19.9. The number of hydrogen-bond acceptors (Lipinski definition) is 4. The highest BCUT2D eigenvalue weighted by Gasteiger charge is 2.09. The van der Waals surface area contributed by atoms with Crippen molar-refractivity contribution in [1.29, 1.82) is 0 Å². The molecule has 144 valence electrons. The van der Waals surface area contributed by atoms with Gasteiger partial charge in [0.05, 0.1) is 18.4 Å². The Labute approximate surface area is 168 Å². The molecule has 5 nitrogen and oxygen atoms in total. The van der Waals surface area contributed by atoms with Crippen LogP contribution in [-0.4, -0.2) is 18.2 Å². The molecule has 0 heterocycles. The van der Waals surface area contributed by atoms with Crippen molar-refractivity contribution in [3.8, 4) is 11.5 Å². The molecule has 0 amide bonds. The normalized spacial score (nSPS) is 10.4. The maximum absolute atomic E-state index is 11.2. The Morgan fingerprint density at radius 2 is 1.82 bits per heavy atom. The van der Waals surface area contributed by atoms with Crippen LogP contribution in [0, 0.1) is 0 Å². The lowest BCUT2D eigenvalue weighted by Crippen LogP contribution is -2.04. The summed E-state index contributed by atoms with van der Waals surface area (Å²) in [5.74, 6) is 0.368. The number of carbonyl (C=O) groups is 1. The smallest absolute Gasteiger partial charge is 0.335 e. The molecule has 2 N–H and O–H groups in total. The molecule has 0 aliphatic heterocycles. The number of nitrogens with one attached hydrogen (secondary N) is 1. The maximum atomic E-state index is 11.2. The summed E-state index contributed by atoms with van der Waals surface area (Å²) in [6.07, 6.45) is 0. The number of ether oxygens (including phenoxy) is 2. The Hall–Kier alpha value is -3.18. The number of halogens is 1. The third kappa shape index (κ3) is 5.18. The molecule has 0 fully saturated rings. The van der Waals surface area contributed by atoms with Gasteiger partial charge in [0.15, 0.2) is 0 Å². The minimum atomic E-state index is -0.980. The van der Waals surface area contributed by atoms with Crippen molar-refractivity contribution in [2.24, 2.45) is 0 Å². The van der Waals surface area contributed by atoms with Crippen LogP contribution in [0.25, 0.3) is 0 Å². The number of benzene rings is 3. The Morgan fingerprint density at radius 1 is 1.04 bits per heavy atom. The fourth-order valence-electron chi connectivity index (χ4n) is 2.67. The SMILES string of the molecule is COc1ccc(C(=O)O)cc1NCc1ccc(OCc2cccc(Cl)c2)cc1. The predicted octanol–water partition coefficient (Wildman–Crippen LogP) is 5.24. The number of anilines is 1. The van der Waals surface area contributed by atoms with Gasteiger partial charge in [-0.25, -0.2) is 4.79 Å². The van der Waals surface area contributed by atoms with E-state index in [1.807, 2.05) is 48.5 Å². The first-order chi connectivity index (χ1) is 13.5. The van der Waals surface area contributed by atoms with Crippen LogP contribution in [0.3, 0.4) is 0 Å². The molecule has 0 bridgehead atoms. The Bertz CT molecular complexity index is 957. The molecule has 0 unspecified atom stereocenters. The fourth-order valence-corrected chi connectivity index (χ4v) is 2.89. The summed E-state index contributed by atoms with van der Waals surface area (Å²) in [6, 6.07) is 20.0. The Kier molecular flexibility index (Phi) is 6.40. The monoisotopic (exact) mass is 397 g/mol. The van der Waals surface area contributed by atoms with Gasteiger partial charge in [-0.15, -0.1) is 0 Å². The molecule has 0 radical (unpaired) electrons. The first-order valence-corrected chi connectivity index (χ1v) is 9.04. The largest absolute Gasteiger partial charge is 0.495 e. The minimum absolute atomic E-state index is 0.202. The summed E-state index contributed by atoms with van der Waals surface area (Å²) in [7, 11) is 1.55. The van der Waals surface area contributed by atoms with E-state index in [1.54, 1.807) is 19.2 Å². The van der Waals surface area contributed by atoms with Crippen molar-refractivity contribution in [3.63, 3.8) is 0 Å². The topological polar surface area (TPSA) is 67.8 Å². The van der Waals surface area contributed by atoms with Crippen LogP contribution in [0.1, 0.15) is 21.5 Å². The van der Waals surface area contributed by atoms with E-state index in [9.17, 15) is 4.79 Å². The summed E-state index contributed by atoms with van der Waals surface area (Å²) in [5.41, 5.74) is 2.86. The van der Waals surface area contributed by atoms with Crippen LogP contribution < -0.4 is 14.8 Å². The van der Waals surface area contributed by atoms with Gasteiger partial charge in [-0.1, -0.05) is 35.9 Å². The molecule has 0 atom stereocenters. The molecule has 6 heteroatoms. The van der Waals surface area contributed by atoms with Crippen LogP contribution >= 0.6 is 11.6 Å². The molecule has 0 aliphatic rings. The quantitative estimate of drug-likeness (QED) is 0.544. The zero-order valence-electron chi connectivity index (χ0n) is 15.3. The van der Waals surface area contributed by atoms with Crippen molar-refractivity contribution in [2.45, 2.75) is 13.2 Å². The number of aromatic carboxylic acids is 1. The van der Waals surface area contributed by atoms with E-state index in [4.69, 9.17) is 26.2 Å². The van der Waals surface area contributed by atoms with Crippen LogP contribution in [0.2, 0.25) is 5.02 Å². The van der Waals surface area contributed by atoms with Gasteiger partial charge in [0.1, 0.15) is 18.1 Å². The predicted molar refractivity (Wildman–Crippen MR) is 110 cm³/mol. The molecule has 3 aromatic rings. The van der Waals surface area contributed by atoms with E-state index in [-0.39, 0.29) is 5.56 Å². The van der Waals surface area contributed by atoms with Crippen molar-refractivity contribution in [2.75, 3.05) is 12.4 Å². The second-order valence-corrected chi connectivity index (χ2v) is 6.57. The summed E-state index contributed by atoms with van der Waals surface area (Å²) >= 11 is 5.98. The molecular formula is C22H20ClNO4. The van der Waals surface area contributed by atoms with Crippen LogP contribution in [0.5, 0.6) is 11.5 Å². The molecule has 0 aromatic heterocycles. The van der Waals surface area contributed by atoms with Crippen molar-refractivity contribution >= 4 is 23.3 Å². The molecule has 3 rings (SSSR count). The van der Waals surface area contributed by atoms with Gasteiger partial charge in [0, 0.05) is 11.6 Å². The van der Waals surface area contributed by atoms with Gasteiger partial charge in [-0.05, 0) is 53.6 Å². The zero-order valence-corrected chi connectivity index (χ0v) is 16.1. The van der Waals surface area contributed by atoms with Gasteiger partial charge in [-0.2, -0.15) is 0 Å². The average Bonchev–Trinajstić information content (AvgIpc) is 2.71. The number of hydrogen-bond donors (Lipinski definition) is 2. The molecule has 0 saturated heterocycles. The lowest BCUT2D eigenvalue weighted by atomic mass is 10.1. The van der Waals surface area contributed by atoms with E-state index in [0.29, 0.717) is 29.6 Å². The molecule has 0 spiro atoms. The van der Waals surface area contributed by atoms with Gasteiger partial charge in [0.2, 0.25) is 0 Å². The first-order valence-electron chi connectivity index (χ1n) is 8.66. The maximum Gasteiger partial charge on any atom is 0.335 e. The third-order valence-corrected chi connectivity index (χ3v) is 4.38. The number of methoxy groups -OCH3 is 1. The van der Waals surface area contributed by atoms with E-state index < -0.39 is 5.97 Å². The van der Waals surface area contributed by atoms with Crippen LogP contribution in [0.15, 0.2) is 66.7 Å². The third-order valence-electron chi connectivity index (χ3n) is 4.15. The summed E-state index contributed by atoms with van der Waals surface area (Å²) in [6.45, 7) is 0.964. The second kappa shape index (κ2) is 9.15. The average molecular weight is 398 g/mol. The summed E-state index contributed by atoms with van der Waals surface area (Å²) in [5, 5.41) is 13.0. The van der Waals surface area contributed by atoms with Crippen LogP contribution in [-0.2, 0) is 13.2 Å². The van der Waals surface area contributed by atoms with Crippen molar-refractivity contribution in [1.82, 2.24) is 0 Å². The Morgan fingerprint density at radius 3 is 2.50 bits per heavy atom. The standard InChI is InChI=1S/C22H20ClNO4/c1-27-21-10-7-17(22(25)26)12-20(21)24-13-15-5-8-19(9-6-15)28-14-16-3-2-4-18(23)11-16/h2-12,24H,13-14H2,1H3,(H,25,26). The van der Waals surface area contributed by atoms with Gasteiger partial charge in [-0.3, -0.25) is 0 Å². The fraction of sp³-hybridized carbons (Fsp3) is 0.136. The molecule has 3 aromatic carbocycles. The second-order valence-electron chi connectivity index (χ2n) is 6.14. The van der Waals surface area contributed by atoms with E-state index >= 15 is 0 Å². The number of carboxylic acids is 1. The summed E-state index contributed by atoms with van der Waals surface area (Å²) < 4.78 is 11.1. The molecular weight excluding hydrogens is 378 g/mol. The highest BCUT2D eigenvalue weighted by Crippen LogP contribution is 2.26. The van der Waals surface area contributed by atoms with Crippen LogP contribution in [0.4, 0.5) is 5.69 Å². The van der Waals surface area contributed by atoms with E-state index in [1.165, 1.54) is 6.07 Å². The Balaban J connectivity index is 1.60. The highest BCUT2D eigenvalue weighted by atomic mass is 35.5. The highest BCUT2D eigenvalue weighted by molar-refractivity contribution is 6.30. The van der Waals surface area contributed by atoms with E-state index in [2.05, 4.69) is 5.32 Å². The van der Waals surface area contributed by atoms with Crippen molar-refractivity contribution in [3.05, 3.63) is 88.4 Å². The molecule has 28 heavy (non-hydrogen) atoms. The molecule has 0 aliphatic carbocycles. The van der Waals surface area contributed by atoms with Gasteiger partial charge >= 0.3 is 5.97 Å².